The first-order valence-electron chi connectivity index (χ1n) is 5.84. The van der Waals surface area contributed by atoms with Crippen LogP contribution in [0.5, 0.6) is 0 Å². The van der Waals surface area contributed by atoms with Crippen LogP contribution in [-0.2, 0) is 6.42 Å². The summed E-state index contributed by atoms with van der Waals surface area (Å²) < 4.78 is 36.8. The molecule has 0 radical (unpaired) electrons. The molecule has 0 amide bonds. The van der Waals surface area contributed by atoms with E-state index in [-0.39, 0.29) is 5.13 Å². The van der Waals surface area contributed by atoms with Crippen LogP contribution >= 0.6 is 23.1 Å². The SMILES string of the molecule is FC(F)(F)CNc1nnc(SCCc2ccccc2)s1. The lowest BCUT2D eigenvalue weighted by Crippen LogP contribution is -2.21. The van der Waals surface area contributed by atoms with Gasteiger partial charge in [-0.05, 0) is 12.0 Å². The van der Waals surface area contributed by atoms with Gasteiger partial charge in [-0.1, -0.05) is 53.4 Å². The van der Waals surface area contributed by atoms with E-state index in [4.69, 9.17) is 0 Å². The highest BCUT2D eigenvalue weighted by Crippen LogP contribution is 2.27. The summed E-state index contributed by atoms with van der Waals surface area (Å²) in [5, 5.41) is 9.95. The van der Waals surface area contributed by atoms with Gasteiger partial charge in [-0.2, -0.15) is 13.2 Å². The van der Waals surface area contributed by atoms with Crippen molar-refractivity contribution in [2.24, 2.45) is 0 Å². The highest BCUT2D eigenvalue weighted by Gasteiger charge is 2.27. The normalized spacial score (nSPS) is 11.6. The molecule has 0 bridgehead atoms. The van der Waals surface area contributed by atoms with Crippen molar-refractivity contribution in [1.29, 1.82) is 0 Å². The van der Waals surface area contributed by atoms with E-state index in [1.807, 2.05) is 30.3 Å². The number of nitrogens with one attached hydrogen (secondary N) is 1. The summed E-state index contributed by atoms with van der Waals surface area (Å²) in [6.07, 6.45) is -3.36. The molecule has 0 fully saturated rings. The van der Waals surface area contributed by atoms with Gasteiger partial charge < -0.3 is 5.32 Å². The fourth-order valence-corrected chi connectivity index (χ4v) is 3.22. The largest absolute Gasteiger partial charge is 0.405 e. The molecule has 0 saturated carbocycles. The van der Waals surface area contributed by atoms with Gasteiger partial charge in [-0.25, -0.2) is 0 Å². The number of hydrogen-bond acceptors (Lipinski definition) is 5. The smallest absolute Gasteiger partial charge is 0.351 e. The summed E-state index contributed by atoms with van der Waals surface area (Å²) in [5.74, 6) is 0.817. The lowest BCUT2D eigenvalue weighted by Gasteiger charge is -2.05. The zero-order valence-electron chi connectivity index (χ0n) is 10.4. The van der Waals surface area contributed by atoms with Crippen molar-refractivity contribution in [3.05, 3.63) is 35.9 Å². The number of aryl methyl sites for hydroxylation is 1. The Kier molecular flexibility index (Phi) is 5.24. The summed E-state index contributed by atoms with van der Waals surface area (Å²) in [4.78, 5) is 0. The first-order chi connectivity index (χ1) is 9.53. The van der Waals surface area contributed by atoms with Gasteiger partial charge in [-0.3, -0.25) is 0 Å². The average Bonchev–Trinajstić information content (AvgIpc) is 2.85. The molecule has 0 saturated heterocycles. The molecule has 1 heterocycles. The molecule has 0 aliphatic heterocycles. The number of aromatic nitrogens is 2. The van der Waals surface area contributed by atoms with Gasteiger partial charge in [-0.15, -0.1) is 10.2 Å². The number of hydrogen-bond donors (Lipinski definition) is 1. The molecular formula is C12H12F3N3S2. The van der Waals surface area contributed by atoms with E-state index in [2.05, 4.69) is 15.5 Å². The van der Waals surface area contributed by atoms with E-state index in [0.29, 0.717) is 4.34 Å². The van der Waals surface area contributed by atoms with Crippen LogP contribution in [0.25, 0.3) is 0 Å². The summed E-state index contributed by atoms with van der Waals surface area (Å²) in [6.45, 7) is -1.09. The molecule has 8 heteroatoms. The van der Waals surface area contributed by atoms with Crippen LogP contribution in [0.3, 0.4) is 0 Å². The molecule has 1 aromatic heterocycles. The maximum atomic E-state index is 12.0. The Bertz CT molecular complexity index is 528. The molecule has 2 rings (SSSR count). The van der Waals surface area contributed by atoms with Crippen LogP contribution in [0.4, 0.5) is 18.3 Å². The number of alkyl halides is 3. The zero-order chi connectivity index (χ0) is 14.4. The highest BCUT2D eigenvalue weighted by atomic mass is 32.2. The fourth-order valence-electron chi connectivity index (χ4n) is 1.42. The summed E-state index contributed by atoms with van der Waals surface area (Å²) >= 11 is 2.63. The third-order valence-electron chi connectivity index (χ3n) is 2.31. The monoisotopic (exact) mass is 319 g/mol. The van der Waals surface area contributed by atoms with Crippen LogP contribution in [0.2, 0.25) is 0 Å². The first-order valence-corrected chi connectivity index (χ1v) is 7.64. The molecule has 0 atom stereocenters. The van der Waals surface area contributed by atoms with Gasteiger partial charge in [0.1, 0.15) is 6.54 Å². The van der Waals surface area contributed by atoms with Crippen molar-refractivity contribution >= 4 is 28.2 Å². The zero-order valence-corrected chi connectivity index (χ0v) is 12.0. The number of nitrogens with zero attached hydrogens (tertiary/aromatic N) is 2. The molecule has 3 nitrogen and oxygen atoms in total. The van der Waals surface area contributed by atoms with Crippen molar-refractivity contribution in [1.82, 2.24) is 10.2 Å². The van der Waals surface area contributed by atoms with Crippen LogP contribution in [0, 0.1) is 0 Å². The minimum Gasteiger partial charge on any atom is -0.351 e. The van der Waals surface area contributed by atoms with Gasteiger partial charge in [0, 0.05) is 5.75 Å². The second-order valence-electron chi connectivity index (χ2n) is 3.93. The molecule has 1 N–H and O–H groups in total. The van der Waals surface area contributed by atoms with Crippen LogP contribution in [0.15, 0.2) is 34.7 Å². The van der Waals surface area contributed by atoms with E-state index in [1.165, 1.54) is 17.3 Å². The predicted octanol–water partition coefficient (Wildman–Crippen LogP) is 3.85. The minimum atomic E-state index is -4.24. The Morgan fingerprint density at radius 3 is 2.60 bits per heavy atom. The Morgan fingerprint density at radius 2 is 1.90 bits per heavy atom. The Morgan fingerprint density at radius 1 is 1.15 bits per heavy atom. The standard InChI is InChI=1S/C12H12F3N3S2/c13-12(14,15)8-16-10-17-18-11(20-10)19-7-6-9-4-2-1-3-5-9/h1-5H,6-8H2,(H,16,17). The molecule has 0 aliphatic rings. The average molecular weight is 319 g/mol. The van der Waals surface area contributed by atoms with Crippen molar-refractivity contribution in [2.45, 2.75) is 16.9 Å². The maximum Gasteiger partial charge on any atom is 0.405 e. The predicted molar refractivity (Wildman–Crippen MR) is 75.3 cm³/mol. The second kappa shape index (κ2) is 6.94. The Labute approximate surface area is 122 Å². The van der Waals surface area contributed by atoms with Crippen molar-refractivity contribution in [3.8, 4) is 0 Å². The summed E-state index contributed by atoms with van der Waals surface area (Å²) in [5.41, 5.74) is 1.22. The van der Waals surface area contributed by atoms with Crippen molar-refractivity contribution in [2.75, 3.05) is 17.6 Å². The minimum absolute atomic E-state index is 0.199. The molecule has 1 aromatic carbocycles. The van der Waals surface area contributed by atoms with E-state index in [0.717, 1.165) is 23.5 Å². The third kappa shape index (κ3) is 5.38. The van der Waals surface area contributed by atoms with Gasteiger partial charge >= 0.3 is 6.18 Å². The van der Waals surface area contributed by atoms with E-state index in [9.17, 15) is 13.2 Å². The van der Waals surface area contributed by atoms with Gasteiger partial charge in [0.2, 0.25) is 5.13 Å². The molecule has 2 aromatic rings. The molecule has 0 aliphatic carbocycles. The first kappa shape index (κ1) is 15.1. The van der Waals surface area contributed by atoms with Crippen molar-refractivity contribution < 1.29 is 13.2 Å². The van der Waals surface area contributed by atoms with E-state index in [1.54, 1.807) is 0 Å². The molecule has 0 unspecified atom stereocenters. The van der Waals surface area contributed by atoms with Gasteiger partial charge in [0.05, 0.1) is 0 Å². The number of anilines is 1. The lowest BCUT2D eigenvalue weighted by atomic mass is 10.2. The molecule has 108 valence electrons. The topological polar surface area (TPSA) is 37.8 Å². The maximum absolute atomic E-state index is 12.0. The number of benzene rings is 1. The number of thioether (sulfide) groups is 1. The van der Waals surface area contributed by atoms with E-state index < -0.39 is 12.7 Å². The van der Waals surface area contributed by atoms with Gasteiger partial charge in [0.25, 0.3) is 0 Å². The quantitative estimate of drug-likeness (QED) is 0.821. The molecule has 0 spiro atoms. The van der Waals surface area contributed by atoms with Crippen LogP contribution in [-0.4, -0.2) is 28.7 Å². The number of halogens is 3. The Balaban J connectivity index is 1.75. The molecule has 20 heavy (non-hydrogen) atoms. The van der Waals surface area contributed by atoms with Crippen molar-refractivity contribution in [3.63, 3.8) is 0 Å². The molecular weight excluding hydrogens is 307 g/mol. The Hall–Kier alpha value is -1.28. The van der Waals surface area contributed by atoms with Crippen LogP contribution < -0.4 is 5.32 Å². The van der Waals surface area contributed by atoms with Gasteiger partial charge in [0.15, 0.2) is 4.34 Å². The second-order valence-corrected chi connectivity index (χ2v) is 6.25. The number of rotatable bonds is 6. The lowest BCUT2D eigenvalue weighted by molar-refractivity contribution is -0.115. The fraction of sp³-hybridized carbons (Fsp3) is 0.333. The third-order valence-corrected chi connectivity index (χ3v) is 4.32. The van der Waals surface area contributed by atoms with E-state index >= 15 is 0 Å². The van der Waals surface area contributed by atoms with Crippen LogP contribution in [0.1, 0.15) is 5.56 Å². The highest BCUT2D eigenvalue weighted by molar-refractivity contribution is 8.01. The summed E-state index contributed by atoms with van der Waals surface area (Å²) in [7, 11) is 0. The summed E-state index contributed by atoms with van der Waals surface area (Å²) in [6, 6.07) is 9.99.